The highest BCUT2D eigenvalue weighted by atomic mass is 32.2. The number of methoxy groups -OCH3 is 1. The average Bonchev–Trinajstić information content (AvgIpc) is 3.21. The van der Waals surface area contributed by atoms with Crippen molar-refractivity contribution >= 4 is 40.1 Å². The molecule has 0 radical (unpaired) electrons. The van der Waals surface area contributed by atoms with E-state index in [-0.39, 0.29) is 5.13 Å². The quantitative estimate of drug-likeness (QED) is 0.371. The number of rotatable bonds is 6. The van der Waals surface area contributed by atoms with Crippen molar-refractivity contribution in [1.29, 1.82) is 0 Å². The van der Waals surface area contributed by atoms with Crippen LogP contribution in [0.1, 0.15) is 22.8 Å². The lowest BCUT2D eigenvalue weighted by atomic mass is 10.1. The van der Waals surface area contributed by atoms with E-state index in [1.54, 1.807) is 36.6 Å². The lowest BCUT2D eigenvalue weighted by Gasteiger charge is -2.12. The summed E-state index contributed by atoms with van der Waals surface area (Å²) in [5, 5.41) is 3.98. The Hall–Kier alpha value is -2.85. The highest BCUT2D eigenvalue weighted by Crippen LogP contribution is 2.33. The van der Waals surface area contributed by atoms with E-state index in [0.717, 1.165) is 23.5 Å². The molecule has 1 unspecified atom stereocenters. The Morgan fingerprint density at radius 1 is 1.16 bits per heavy atom. The van der Waals surface area contributed by atoms with Gasteiger partial charge < -0.3 is 4.74 Å². The molecule has 162 valence electrons. The number of nitrogens with one attached hydrogen (secondary N) is 1. The van der Waals surface area contributed by atoms with Gasteiger partial charge in [-0.1, -0.05) is 24.3 Å². The molecule has 31 heavy (non-hydrogen) atoms. The Labute approximate surface area is 184 Å². The summed E-state index contributed by atoms with van der Waals surface area (Å²) < 4.78 is 43.5. The number of ether oxygens (including phenoxy) is 1. The van der Waals surface area contributed by atoms with Gasteiger partial charge in [-0.15, -0.1) is 23.1 Å². The van der Waals surface area contributed by atoms with E-state index in [1.807, 2.05) is 0 Å². The van der Waals surface area contributed by atoms with Gasteiger partial charge in [-0.05, 0) is 31.2 Å². The van der Waals surface area contributed by atoms with Crippen LogP contribution in [-0.4, -0.2) is 29.2 Å². The summed E-state index contributed by atoms with van der Waals surface area (Å²) in [5.74, 6) is -0.851. The summed E-state index contributed by atoms with van der Waals surface area (Å²) in [6.07, 6.45) is -4.45. The lowest BCUT2D eigenvalue weighted by Crippen LogP contribution is -2.17. The van der Waals surface area contributed by atoms with E-state index < -0.39 is 28.9 Å². The molecule has 3 rings (SSSR count). The third-order valence-electron chi connectivity index (χ3n) is 4.18. The number of benzene rings is 2. The molecule has 10 heteroatoms. The van der Waals surface area contributed by atoms with Gasteiger partial charge in [0.25, 0.3) is 5.91 Å². The second-order valence-electron chi connectivity index (χ2n) is 6.35. The van der Waals surface area contributed by atoms with Gasteiger partial charge >= 0.3 is 12.1 Å². The predicted molar refractivity (Wildman–Crippen MR) is 114 cm³/mol. The maximum atomic E-state index is 12.9. The second-order valence-corrected chi connectivity index (χ2v) is 8.59. The molecule has 1 N–H and O–H groups in total. The van der Waals surface area contributed by atoms with Crippen LogP contribution in [0.2, 0.25) is 0 Å². The van der Waals surface area contributed by atoms with Gasteiger partial charge in [0.1, 0.15) is 5.25 Å². The van der Waals surface area contributed by atoms with Gasteiger partial charge in [0.2, 0.25) is 0 Å². The molecule has 0 fully saturated rings. The van der Waals surface area contributed by atoms with Crippen molar-refractivity contribution in [2.45, 2.75) is 23.2 Å². The van der Waals surface area contributed by atoms with E-state index in [1.165, 1.54) is 31.0 Å². The molecule has 0 spiro atoms. The van der Waals surface area contributed by atoms with Crippen molar-refractivity contribution in [2.75, 3.05) is 12.4 Å². The smallest absolute Gasteiger partial charge is 0.416 e. The van der Waals surface area contributed by atoms with Gasteiger partial charge in [-0.2, -0.15) is 13.2 Å². The highest BCUT2D eigenvalue weighted by molar-refractivity contribution is 8.00. The predicted octanol–water partition coefficient (Wildman–Crippen LogP) is 5.73. The number of esters is 1. The van der Waals surface area contributed by atoms with Gasteiger partial charge in [-0.25, -0.2) is 4.98 Å². The molecule has 0 bridgehead atoms. The molecule has 1 heterocycles. The number of amides is 1. The molecule has 0 aliphatic carbocycles. The number of anilines is 1. The topological polar surface area (TPSA) is 68.3 Å². The normalized spacial score (nSPS) is 12.3. The molecule has 0 aliphatic heterocycles. The Kier molecular flexibility index (Phi) is 7.01. The molecule has 2 aromatic carbocycles. The standard InChI is InChI=1S/C21H17F3N2O3S2/c1-12(19(28)29-2)31-17-9-4-3-8-15(17)18(27)26-20-25-16(11-30-20)13-6-5-7-14(10-13)21(22,23)24/h3-12H,1-2H3,(H,25,26,27). The van der Waals surface area contributed by atoms with E-state index >= 15 is 0 Å². The summed E-state index contributed by atoms with van der Waals surface area (Å²) in [7, 11) is 1.29. The number of halogens is 3. The van der Waals surface area contributed by atoms with Crippen molar-refractivity contribution in [1.82, 2.24) is 4.98 Å². The lowest BCUT2D eigenvalue weighted by molar-refractivity contribution is -0.139. The molecule has 1 atom stereocenters. The molecule has 0 saturated heterocycles. The number of thioether (sulfide) groups is 1. The van der Waals surface area contributed by atoms with Gasteiger partial charge in [-0.3, -0.25) is 14.9 Å². The van der Waals surface area contributed by atoms with Crippen molar-refractivity contribution in [2.24, 2.45) is 0 Å². The summed E-state index contributed by atoms with van der Waals surface area (Å²) in [6, 6.07) is 11.6. The van der Waals surface area contributed by atoms with Crippen LogP contribution in [0.4, 0.5) is 18.3 Å². The van der Waals surface area contributed by atoms with Crippen LogP contribution in [0.3, 0.4) is 0 Å². The fraction of sp³-hybridized carbons (Fsp3) is 0.190. The summed E-state index contributed by atoms with van der Waals surface area (Å²) in [4.78, 5) is 29.3. The van der Waals surface area contributed by atoms with E-state index in [2.05, 4.69) is 10.3 Å². The molecular formula is C21H17F3N2O3S2. The maximum Gasteiger partial charge on any atom is 0.416 e. The number of carbonyl (C=O) groups is 2. The molecule has 0 aliphatic rings. The fourth-order valence-electron chi connectivity index (χ4n) is 2.64. The zero-order chi connectivity index (χ0) is 22.6. The maximum absolute atomic E-state index is 12.9. The van der Waals surface area contributed by atoms with Crippen molar-refractivity contribution < 1.29 is 27.5 Å². The molecular weight excluding hydrogens is 449 g/mol. The molecule has 1 aromatic heterocycles. The highest BCUT2D eigenvalue weighted by Gasteiger charge is 2.30. The first-order valence-electron chi connectivity index (χ1n) is 8.97. The first kappa shape index (κ1) is 22.8. The first-order valence-corrected chi connectivity index (χ1v) is 10.7. The number of hydrogen-bond acceptors (Lipinski definition) is 6. The van der Waals surface area contributed by atoms with E-state index in [4.69, 9.17) is 4.74 Å². The second kappa shape index (κ2) is 9.52. The largest absolute Gasteiger partial charge is 0.468 e. The van der Waals surface area contributed by atoms with Crippen LogP contribution in [0.15, 0.2) is 58.8 Å². The minimum absolute atomic E-state index is 0.248. The van der Waals surface area contributed by atoms with Crippen LogP contribution in [0, 0.1) is 0 Å². The average molecular weight is 467 g/mol. The summed E-state index contributed by atoms with van der Waals surface area (Å²) in [6.45, 7) is 1.67. The number of hydrogen-bond donors (Lipinski definition) is 1. The number of thiazole rings is 1. The molecule has 3 aromatic rings. The Bertz CT molecular complexity index is 1100. The monoisotopic (exact) mass is 466 g/mol. The Balaban J connectivity index is 1.78. The number of alkyl halides is 3. The van der Waals surface area contributed by atoms with Gasteiger partial charge in [0.15, 0.2) is 5.13 Å². The van der Waals surface area contributed by atoms with Crippen LogP contribution in [-0.2, 0) is 15.7 Å². The zero-order valence-electron chi connectivity index (χ0n) is 16.4. The van der Waals surface area contributed by atoms with Crippen LogP contribution < -0.4 is 5.32 Å². The molecule has 1 amide bonds. The van der Waals surface area contributed by atoms with Crippen molar-refractivity contribution in [3.63, 3.8) is 0 Å². The van der Waals surface area contributed by atoms with Crippen LogP contribution in [0.5, 0.6) is 0 Å². The van der Waals surface area contributed by atoms with Crippen molar-refractivity contribution in [3.8, 4) is 11.3 Å². The number of carbonyl (C=O) groups excluding carboxylic acids is 2. The Morgan fingerprint density at radius 3 is 2.61 bits per heavy atom. The van der Waals surface area contributed by atoms with Gasteiger partial charge in [0.05, 0.1) is 23.9 Å². The summed E-state index contributed by atoms with van der Waals surface area (Å²) in [5.41, 5.74) is 0.205. The number of aromatic nitrogens is 1. The minimum atomic E-state index is -4.45. The first-order chi connectivity index (χ1) is 14.7. The third kappa shape index (κ3) is 5.65. The fourth-order valence-corrected chi connectivity index (χ4v) is 4.38. The zero-order valence-corrected chi connectivity index (χ0v) is 18.0. The van der Waals surface area contributed by atoms with E-state index in [0.29, 0.717) is 21.7 Å². The molecule has 5 nitrogen and oxygen atoms in total. The van der Waals surface area contributed by atoms with Crippen molar-refractivity contribution in [3.05, 3.63) is 65.0 Å². The molecule has 0 saturated carbocycles. The SMILES string of the molecule is COC(=O)C(C)Sc1ccccc1C(=O)Nc1nc(-c2cccc(C(F)(F)F)c2)cs1. The minimum Gasteiger partial charge on any atom is -0.468 e. The van der Waals surface area contributed by atoms with E-state index in [9.17, 15) is 22.8 Å². The van der Waals surface area contributed by atoms with Gasteiger partial charge in [0, 0.05) is 15.8 Å². The van der Waals surface area contributed by atoms with Crippen LogP contribution >= 0.6 is 23.1 Å². The number of nitrogens with zero attached hydrogens (tertiary/aromatic N) is 1. The summed E-state index contributed by atoms with van der Waals surface area (Å²) >= 11 is 2.29. The third-order valence-corrected chi connectivity index (χ3v) is 6.09. The van der Waals surface area contributed by atoms with Crippen LogP contribution in [0.25, 0.3) is 11.3 Å². The Morgan fingerprint density at radius 2 is 1.90 bits per heavy atom.